The third-order valence-electron chi connectivity index (χ3n) is 3.90. The van der Waals surface area contributed by atoms with Crippen LogP contribution in [0.2, 0.25) is 5.02 Å². The zero-order chi connectivity index (χ0) is 19.2. The summed E-state index contributed by atoms with van der Waals surface area (Å²) in [7, 11) is 0. The first-order valence-electron chi connectivity index (χ1n) is 8.58. The van der Waals surface area contributed by atoms with E-state index < -0.39 is 0 Å². The van der Waals surface area contributed by atoms with Gasteiger partial charge in [0.05, 0.1) is 29.7 Å². The lowest BCUT2D eigenvalue weighted by Crippen LogP contribution is -2.13. The number of hydrogen-bond acceptors (Lipinski definition) is 4. The van der Waals surface area contributed by atoms with Crippen LogP contribution in [0.3, 0.4) is 0 Å². The molecule has 6 heteroatoms. The van der Waals surface area contributed by atoms with Crippen LogP contribution in [0.25, 0.3) is 0 Å². The van der Waals surface area contributed by atoms with Crippen molar-refractivity contribution in [3.05, 3.63) is 77.1 Å². The molecule has 1 amide bonds. The normalized spacial score (nSPS) is 10.3. The van der Waals surface area contributed by atoms with Gasteiger partial charge in [0, 0.05) is 16.9 Å². The number of anilines is 3. The first-order chi connectivity index (χ1) is 13.1. The minimum atomic E-state index is -0.258. The Labute approximate surface area is 163 Å². The van der Waals surface area contributed by atoms with E-state index in [1.54, 1.807) is 18.3 Å². The number of ether oxygens (including phenoxy) is 1. The molecule has 2 aromatic carbocycles. The molecule has 3 aromatic rings. The van der Waals surface area contributed by atoms with Gasteiger partial charge in [-0.05, 0) is 55.8 Å². The molecule has 0 bridgehead atoms. The quantitative estimate of drug-likeness (QED) is 0.597. The molecular formula is C21H20ClN3O2. The van der Waals surface area contributed by atoms with Crippen molar-refractivity contribution in [2.75, 3.05) is 17.2 Å². The van der Waals surface area contributed by atoms with E-state index in [9.17, 15) is 4.79 Å². The molecule has 0 aliphatic rings. The lowest BCUT2D eigenvalue weighted by atomic mass is 10.2. The van der Waals surface area contributed by atoms with Crippen LogP contribution in [0.1, 0.15) is 22.8 Å². The van der Waals surface area contributed by atoms with Crippen molar-refractivity contribution in [2.24, 2.45) is 0 Å². The number of nitrogens with zero attached hydrogens (tertiary/aromatic N) is 1. The minimum absolute atomic E-state index is 0.258. The summed E-state index contributed by atoms with van der Waals surface area (Å²) in [6, 6.07) is 14.7. The highest BCUT2D eigenvalue weighted by Gasteiger charge is 2.11. The maximum atomic E-state index is 12.6. The zero-order valence-corrected chi connectivity index (χ0v) is 15.9. The standard InChI is InChI=1S/C21H20ClN3O2/c1-3-27-20-7-5-4-6-19(20)25-21(26)15-11-17(13-23-12-15)24-18-9-8-16(22)10-14(18)2/h4-13,24H,3H2,1-2H3,(H,25,26). The van der Waals surface area contributed by atoms with Gasteiger partial charge in [-0.25, -0.2) is 0 Å². The number of hydrogen-bond donors (Lipinski definition) is 2. The Morgan fingerprint density at radius 1 is 1.11 bits per heavy atom. The third kappa shape index (κ3) is 4.77. The van der Waals surface area contributed by atoms with Crippen LogP contribution in [0.4, 0.5) is 17.1 Å². The number of aromatic nitrogens is 1. The molecule has 0 atom stereocenters. The second-order valence-electron chi connectivity index (χ2n) is 5.93. The highest BCUT2D eigenvalue weighted by molar-refractivity contribution is 6.30. The van der Waals surface area contributed by atoms with Gasteiger partial charge in [0.1, 0.15) is 5.75 Å². The maximum Gasteiger partial charge on any atom is 0.257 e. The Bertz CT molecular complexity index is 960. The molecule has 1 aromatic heterocycles. The van der Waals surface area contributed by atoms with E-state index in [1.807, 2.05) is 50.2 Å². The average molecular weight is 382 g/mol. The number of pyridine rings is 1. The van der Waals surface area contributed by atoms with Crippen molar-refractivity contribution in [2.45, 2.75) is 13.8 Å². The summed E-state index contributed by atoms with van der Waals surface area (Å²) in [6.07, 6.45) is 3.19. The summed E-state index contributed by atoms with van der Waals surface area (Å²) in [4.78, 5) is 16.8. The van der Waals surface area contributed by atoms with Crippen LogP contribution in [0.5, 0.6) is 5.75 Å². The van der Waals surface area contributed by atoms with Crippen LogP contribution < -0.4 is 15.4 Å². The average Bonchev–Trinajstić information content (AvgIpc) is 2.66. The van der Waals surface area contributed by atoms with Gasteiger partial charge < -0.3 is 15.4 Å². The van der Waals surface area contributed by atoms with Gasteiger partial charge in [0.2, 0.25) is 0 Å². The summed E-state index contributed by atoms with van der Waals surface area (Å²) in [6.45, 7) is 4.38. The second kappa shape index (κ2) is 8.56. The number of amides is 1. The molecule has 27 heavy (non-hydrogen) atoms. The zero-order valence-electron chi connectivity index (χ0n) is 15.1. The molecule has 0 aliphatic carbocycles. The number of para-hydroxylation sites is 2. The highest BCUT2D eigenvalue weighted by Crippen LogP contribution is 2.26. The number of benzene rings is 2. The van der Waals surface area contributed by atoms with E-state index in [1.165, 1.54) is 6.20 Å². The molecule has 0 radical (unpaired) electrons. The predicted molar refractivity (Wildman–Crippen MR) is 109 cm³/mol. The summed E-state index contributed by atoms with van der Waals surface area (Å²) in [5, 5.41) is 6.81. The molecule has 0 aliphatic heterocycles. The second-order valence-corrected chi connectivity index (χ2v) is 6.37. The third-order valence-corrected chi connectivity index (χ3v) is 4.14. The van der Waals surface area contributed by atoms with Gasteiger partial charge in [-0.2, -0.15) is 0 Å². The summed E-state index contributed by atoms with van der Waals surface area (Å²) in [5.74, 6) is 0.374. The Morgan fingerprint density at radius 2 is 1.93 bits per heavy atom. The summed E-state index contributed by atoms with van der Waals surface area (Å²) in [5.41, 5.74) is 3.68. The SMILES string of the molecule is CCOc1ccccc1NC(=O)c1cncc(Nc2ccc(Cl)cc2C)c1. The largest absolute Gasteiger partial charge is 0.492 e. The maximum absolute atomic E-state index is 12.6. The number of aryl methyl sites for hydroxylation is 1. The van der Waals surface area contributed by atoms with Crippen LogP contribution in [0, 0.1) is 6.92 Å². The molecule has 0 fully saturated rings. The van der Waals surface area contributed by atoms with E-state index in [-0.39, 0.29) is 5.91 Å². The molecule has 1 heterocycles. The molecule has 2 N–H and O–H groups in total. The molecule has 0 spiro atoms. The molecule has 0 saturated carbocycles. The molecular weight excluding hydrogens is 362 g/mol. The van der Waals surface area contributed by atoms with E-state index in [2.05, 4.69) is 15.6 Å². The van der Waals surface area contributed by atoms with Gasteiger partial charge in [0.25, 0.3) is 5.91 Å². The Morgan fingerprint density at radius 3 is 2.70 bits per heavy atom. The molecule has 0 unspecified atom stereocenters. The number of halogens is 1. The predicted octanol–water partition coefficient (Wildman–Crippen LogP) is 5.44. The van der Waals surface area contributed by atoms with E-state index >= 15 is 0 Å². The Balaban J connectivity index is 1.78. The van der Waals surface area contributed by atoms with Crippen molar-refractivity contribution in [1.29, 1.82) is 0 Å². The number of rotatable bonds is 6. The lowest BCUT2D eigenvalue weighted by molar-refractivity contribution is 0.102. The summed E-state index contributed by atoms with van der Waals surface area (Å²) < 4.78 is 5.55. The van der Waals surface area contributed by atoms with Gasteiger partial charge in [-0.3, -0.25) is 9.78 Å². The van der Waals surface area contributed by atoms with E-state index in [0.29, 0.717) is 34.3 Å². The van der Waals surface area contributed by atoms with Gasteiger partial charge in [-0.15, -0.1) is 0 Å². The molecule has 0 saturated heterocycles. The van der Waals surface area contributed by atoms with E-state index in [4.69, 9.17) is 16.3 Å². The Kier molecular flexibility index (Phi) is 5.94. The van der Waals surface area contributed by atoms with Crippen LogP contribution in [-0.2, 0) is 0 Å². The first-order valence-corrected chi connectivity index (χ1v) is 8.96. The summed E-state index contributed by atoms with van der Waals surface area (Å²) >= 11 is 6.00. The van der Waals surface area contributed by atoms with Crippen molar-refractivity contribution >= 4 is 34.6 Å². The van der Waals surface area contributed by atoms with E-state index in [0.717, 1.165) is 11.3 Å². The van der Waals surface area contributed by atoms with Crippen LogP contribution in [0.15, 0.2) is 60.9 Å². The van der Waals surface area contributed by atoms with Crippen molar-refractivity contribution < 1.29 is 9.53 Å². The molecule has 3 rings (SSSR count). The number of carbonyl (C=O) groups excluding carboxylic acids is 1. The first kappa shape index (κ1) is 18.7. The van der Waals surface area contributed by atoms with Crippen molar-refractivity contribution in [1.82, 2.24) is 4.98 Å². The number of nitrogens with one attached hydrogen (secondary N) is 2. The van der Waals surface area contributed by atoms with Crippen LogP contribution >= 0.6 is 11.6 Å². The van der Waals surface area contributed by atoms with Crippen molar-refractivity contribution in [3.8, 4) is 5.75 Å². The monoisotopic (exact) mass is 381 g/mol. The fourth-order valence-corrected chi connectivity index (χ4v) is 2.83. The fraction of sp³-hybridized carbons (Fsp3) is 0.143. The van der Waals surface area contributed by atoms with Crippen LogP contribution in [-0.4, -0.2) is 17.5 Å². The minimum Gasteiger partial charge on any atom is -0.492 e. The molecule has 138 valence electrons. The lowest BCUT2D eigenvalue weighted by Gasteiger charge is -2.12. The topological polar surface area (TPSA) is 63.2 Å². The molecule has 5 nitrogen and oxygen atoms in total. The smallest absolute Gasteiger partial charge is 0.257 e. The number of carbonyl (C=O) groups is 1. The fourth-order valence-electron chi connectivity index (χ4n) is 2.60. The van der Waals surface area contributed by atoms with Gasteiger partial charge in [0.15, 0.2) is 0 Å². The van der Waals surface area contributed by atoms with Crippen molar-refractivity contribution in [3.63, 3.8) is 0 Å². The van der Waals surface area contributed by atoms with Gasteiger partial charge >= 0.3 is 0 Å². The Hall–Kier alpha value is -3.05. The highest BCUT2D eigenvalue weighted by atomic mass is 35.5. The van der Waals surface area contributed by atoms with Gasteiger partial charge in [-0.1, -0.05) is 23.7 Å².